The van der Waals surface area contributed by atoms with Gasteiger partial charge < -0.3 is 14.8 Å². The Balaban J connectivity index is 3.06. The van der Waals surface area contributed by atoms with Gasteiger partial charge in [-0.15, -0.1) is 0 Å². The lowest BCUT2D eigenvalue weighted by molar-refractivity contribution is 0.00894. The summed E-state index contributed by atoms with van der Waals surface area (Å²) >= 11 is 0. The fourth-order valence-corrected chi connectivity index (χ4v) is 1.22. The van der Waals surface area contributed by atoms with Gasteiger partial charge in [0.25, 0.3) is 0 Å². The summed E-state index contributed by atoms with van der Waals surface area (Å²) in [5, 5.41) is 3.29. The van der Waals surface area contributed by atoms with Crippen molar-refractivity contribution in [1.82, 2.24) is 5.32 Å². The van der Waals surface area contributed by atoms with Gasteiger partial charge in [0.05, 0.1) is 19.3 Å². The van der Waals surface area contributed by atoms with Gasteiger partial charge in [0.15, 0.2) is 0 Å². The Hall–Kier alpha value is -0.120. The molecule has 0 fully saturated rings. The minimum atomic E-state index is 0.332. The molecule has 0 rings (SSSR count). The summed E-state index contributed by atoms with van der Waals surface area (Å²) in [5.74, 6) is 0. The van der Waals surface area contributed by atoms with Gasteiger partial charge in [-0.05, 0) is 32.9 Å². The van der Waals surface area contributed by atoms with Gasteiger partial charge in [0, 0.05) is 6.61 Å². The van der Waals surface area contributed by atoms with Gasteiger partial charge in [-0.1, -0.05) is 20.3 Å². The van der Waals surface area contributed by atoms with E-state index >= 15 is 0 Å². The van der Waals surface area contributed by atoms with Crippen molar-refractivity contribution >= 4 is 0 Å². The Kier molecular flexibility index (Phi) is 11.9. The zero-order valence-electron chi connectivity index (χ0n) is 10.6. The van der Waals surface area contributed by atoms with Gasteiger partial charge in [-0.3, -0.25) is 0 Å². The maximum Gasteiger partial charge on any atom is 0.0704 e. The second kappa shape index (κ2) is 12.0. The van der Waals surface area contributed by atoms with Crippen LogP contribution in [0.4, 0.5) is 0 Å². The molecule has 3 nitrogen and oxygen atoms in total. The van der Waals surface area contributed by atoms with Crippen LogP contribution in [0, 0.1) is 0 Å². The first-order valence-electron chi connectivity index (χ1n) is 6.21. The third kappa shape index (κ3) is 11.8. The summed E-state index contributed by atoms with van der Waals surface area (Å²) in [5.41, 5.74) is 0. The largest absolute Gasteiger partial charge is 0.379 e. The van der Waals surface area contributed by atoms with Crippen LogP contribution in [-0.4, -0.2) is 39.0 Å². The monoisotopic (exact) mass is 217 g/mol. The minimum absolute atomic E-state index is 0.332. The average Bonchev–Trinajstić information content (AvgIpc) is 2.23. The van der Waals surface area contributed by atoms with E-state index in [2.05, 4.69) is 26.1 Å². The molecule has 0 radical (unpaired) electrons. The van der Waals surface area contributed by atoms with Crippen LogP contribution in [-0.2, 0) is 9.47 Å². The molecule has 15 heavy (non-hydrogen) atoms. The van der Waals surface area contributed by atoms with Crippen LogP contribution in [0.1, 0.15) is 40.0 Å². The summed E-state index contributed by atoms with van der Waals surface area (Å²) in [6, 6.07) is 0. The minimum Gasteiger partial charge on any atom is -0.379 e. The highest BCUT2D eigenvalue weighted by molar-refractivity contribution is 4.53. The number of nitrogens with one attached hydrogen (secondary N) is 1. The zero-order valence-corrected chi connectivity index (χ0v) is 10.6. The van der Waals surface area contributed by atoms with Crippen molar-refractivity contribution in [3.8, 4) is 0 Å². The van der Waals surface area contributed by atoms with Crippen molar-refractivity contribution in [3.63, 3.8) is 0 Å². The predicted molar refractivity (Wildman–Crippen MR) is 64.3 cm³/mol. The van der Waals surface area contributed by atoms with E-state index in [9.17, 15) is 0 Å². The molecule has 0 amide bonds. The molecule has 0 aromatic carbocycles. The van der Waals surface area contributed by atoms with Gasteiger partial charge in [0.2, 0.25) is 0 Å². The third-order valence-corrected chi connectivity index (χ3v) is 2.25. The maximum atomic E-state index is 5.60. The van der Waals surface area contributed by atoms with E-state index in [0.29, 0.717) is 6.10 Å². The maximum absolute atomic E-state index is 5.60. The normalized spacial score (nSPS) is 13.0. The molecule has 0 aromatic heterocycles. The van der Waals surface area contributed by atoms with E-state index in [4.69, 9.17) is 9.47 Å². The van der Waals surface area contributed by atoms with Crippen molar-refractivity contribution in [2.75, 3.05) is 32.9 Å². The molecular weight excluding hydrogens is 190 g/mol. The number of hydrogen-bond acceptors (Lipinski definition) is 3. The molecule has 0 spiro atoms. The Morgan fingerprint density at radius 2 is 1.93 bits per heavy atom. The van der Waals surface area contributed by atoms with Gasteiger partial charge in [-0.25, -0.2) is 0 Å². The van der Waals surface area contributed by atoms with Crippen LogP contribution in [0.3, 0.4) is 0 Å². The highest BCUT2D eigenvalue weighted by Crippen LogP contribution is 1.96. The van der Waals surface area contributed by atoms with E-state index in [1.165, 1.54) is 6.42 Å². The first kappa shape index (κ1) is 14.9. The first-order valence-corrected chi connectivity index (χ1v) is 6.21. The Bertz CT molecular complexity index is 120. The van der Waals surface area contributed by atoms with Gasteiger partial charge in [0.1, 0.15) is 0 Å². The van der Waals surface area contributed by atoms with Crippen LogP contribution in [0.5, 0.6) is 0 Å². The molecule has 3 heteroatoms. The molecule has 1 N–H and O–H groups in total. The van der Waals surface area contributed by atoms with Crippen LogP contribution in [0.15, 0.2) is 0 Å². The number of hydrogen-bond donors (Lipinski definition) is 1. The number of rotatable bonds is 11. The van der Waals surface area contributed by atoms with E-state index in [1.807, 2.05) is 0 Å². The lowest BCUT2D eigenvalue weighted by Crippen LogP contribution is -2.21. The van der Waals surface area contributed by atoms with E-state index in [-0.39, 0.29) is 0 Å². The molecular formula is C12H27NO2. The van der Waals surface area contributed by atoms with E-state index in [1.54, 1.807) is 0 Å². The van der Waals surface area contributed by atoms with Crippen LogP contribution in [0.25, 0.3) is 0 Å². The summed E-state index contributed by atoms with van der Waals surface area (Å²) in [7, 11) is 0. The SMILES string of the molecule is CCCCOCCOC(C)CCNCC. The fraction of sp³-hybridized carbons (Fsp3) is 1.00. The fourth-order valence-electron chi connectivity index (χ4n) is 1.22. The smallest absolute Gasteiger partial charge is 0.0704 e. The second-order valence-electron chi connectivity index (χ2n) is 3.79. The number of unbranched alkanes of at least 4 members (excludes halogenated alkanes) is 1. The Labute approximate surface area is 94.5 Å². The summed E-state index contributed by atoms with van der Waals surface area (Å²) in [6.45, 7) is 10.8. The quantitative estimate of drug-likeness (QED) is 0.538. The standard InChI is InChI=1S/C12H27NO2/c1-4-6-9-14-10-11-15-12(3)7-8-13-5-2/h12-13H,4-11H2,1-3H3. The Morgan fingerprint density at radius 3 is 2.60 bits per heavy atom. The van der Waals surface area contributed by atoms with Crippen LogP contribution >= 0.6 is 0 Å². The Morgan fingerprint density at radius 1 is 1.13 bits per heavy atom. The van der Waals surface area contributed by atoms with Crippen LogP contribution in [0.2, 0.25) is 0 Å². The lowest BCUT2D eigenvalue weighted by Gasteiger charge is -2.13. The molecule has 0 saturated carbocycles. The molecule has 0 aliphatic carbocycles. The molecule has 1 atom stereocenters. The van der Waals surface area contributed by atoms with Crippen molar-refractivity contribution < 1.29 is 9.47 Å². The molecule has 0 saturated heterocycles. The molecule has 1 unspecified atom stereocenters. The lowest BCUT2D eigenvalue weighted by atomic mass is 10.3. The molecule has 0 aliphatic heterocycles. The third-order valence-electron chi connectivity index (χ3n) is 2.25. The van der Waals surface area contributed by atoms with Gasteiger partial charge >= 0.3 is 0 Å². The van der Waals surface area contributed by atoms with E-state index in [0.717, 1.165) is 45.8 Å². The van der Waals surface area contributed by atoms with Gasteiger partial charge in [-0.2, -0.15) is 0 Å². The highest BCUT2D eigenvalue weighted by atomic mass is 16.5. The van der Waals surface area contributed by atoms with Crippen molar-refractivity contribution in [2.24, 2.45) is 0 Å². The number of ether oxygens (including phenoxy) is 2. The second-order valence-corrected chi connectivity index (χ2v) is 3.79. The molecule has 0 bridgehead atoms. The average molecular weight is 217 g/mol. The molecule has 0 heterocycles. The van der Waals surface area contributed by atoms with E-state index < -0.39 is 0 Å². The first-order chi connectivity index (χ1) is 7.31. The highest BCUT2D eigenvalue weighted by Gasteiger charge is 2.00. The molecule has 0 aliphatic rings. The molecule has 92 valence electrons. The summed E-state index contributed by atoms with van der Waals surface area (Å²) in [6.07, 6.45) is 3.75. The van der Waals surface area contributed by atoms with Crippen molar-refractivity contribution in [3.05, 3.63) is 0 Å². The topological polar surface area (TPSA) is 30.5 Å². The van der Waals surface area contributed by atoms with Crippen LogP contribution < -0.4 is 5.32 Å². The molecule has 0 aromatic rings. The van der Waals surface area contributed by atoms with Crippen molar-refractivity contribution in [2.45, 2.75) is 46.1 Å². The summed E-state index contributed by atoms with van der Waals surface area (Å²) in [4.78, 5) is 0. The summed E-state index contributed by atoms with van der Waals surface area (Å²) < 4.78 is 11.0. The zero-order chi connectivity index (χ0) is 11.4. The van der Waals surface area contributed by atoms with Crippen molar-refractivity contribution in [1.29, 1.82) is 0 Å². The predicted octanol–water partition coefficient (Wildman–Crippen LogP) is 2.21.